The highest BCUT2D eigenvalue weighted by atomic mass is 19.1. The summed E-state index contributed by atoms with van der Waals surface area (Å²) in [5, 5.41) is 23.9. The quantitative estimate of drug-likeness (QED) is 0.178. The van der Waals surface area contributed by atoms with Crippen molar-refractivity contribution in [3.8, 4) is 22.4 Å². The van der Waals surface area contributed by atoms with Crippen molar-refractivity contribution in [3.63, 3.8) is 0 Å². The lowest BCUT2D eigenvalue weighted by Crippen LogP contribution is -2.25. The number of carbonyl (C=O) groups is 2. The van der Waals surface area contributed by atoms with Crippen LogP contribution in [0.25, 0.3) is 22.4 Å². The van der Waals surface area contributed by atoms with E-state index >= 15 is 0 Å². The van der Waals surface area contributed by atoms with Crippen molar-refractivity contribution < 1.29 is 24.2 Å². The van der Waals surface area contributed by atoms with Crippen LogP contribution in [0.5, 0.6) is 0 Å². The van der Waals surface area contributed by atoms with Gasteiger partial charge < -0.3 is 25.8 Å². The van der Waals surface area contributed by atoms with E-state index in [9.17, 15) is 24.2 Å². The van der Waals surface area contributed by atoms with Crippen LogP contribution < -0.4 is 11.1 Å². The van der Waals surface area contributed by atoms with E-state index in [0.29, 0.717) is 28.9 Å². The zero-order valence-corrected chi connectivity index (χ0v) is 23.3. The van der Waals surface area contributed by atoms with Gasteiger partial charge in [0.2, 0.25) is 5.91 Å². The van der Waals surface area contributed by atoms with Gasteiger partial charge in [0.15, 0.2) is 0 Å². The average Bonchev–Trinajstić information content (AvgIpc) is 3.28. The molecule has 214 valence electrons. The Bertz CT molecular complexity index is 1470. The number of hydrogen-bond acceptors (Lipinski definition) is 4. The number of aliphatic hydroxyl groups is 2. The molecule has 0 saturated heterocycles. The number of rotatable bonds is 12. The molecule has 0 saturated carbocycles. The summed E-state index contributed by atoms with van der Waals surface area (Å²) >= 11 is 0. The monoisotopic (exact) mass is 557 g/mol. The van der Waals surface area contributed by atoms with Crippen LogP contribution >= 0.6 is 0 Å². The van der Waals surface area contributed by atoms with Crippen LogP contribution in [-0.2, 0) is 11.3 Å². The first-order valence-electron chi connectivity index (χ1n) is 13.7. The van der Waals surface area contributed by atoms with Crippen molar-refractivity contribution >= 4 is 17.5 Å². The molecule has 1 heterocycles. The molecule has 2 amide bonds. The van der Waals surface area contributed by atoms with Gasteiger partial charge >= 0.3 is 0 Å². The second kappa shape index (κ2) is 13.4. The van der Waals surface area contributed by atoms with E-state index in [-0.39, 0.29) is 36.9 Å². The van der Waals surface area contributed by atoms with Gasteiger partial charge in [-0.3, -0.25) is 9.59 Å². The van der Waals surface area contributed by atoms with Gasteiger partial charge in [-0.15, -0.1) is 0 Å². The molecule has 0 bridgehead atoms. The van der Waals surface area contributed by atoms with Gasteiger partial charge in [-0.1, -0.05) is 62.4 Å². The van der Waals surface area contributed by atoms with Crippen molar-refractivity contribution in [3.05, 3.63) is 102 Å². The molecule has 0 aliphatic carbocycles. The van der Waals surface area contributed by atoms with E-state index in [1.54, 1.807) is 12.1 Å². The Balaban J connectivity index is 1.89. The Morgan fingerprint density at radius 2 is 1.49 bits per heavy atom. The van der Waals surface area contributed by atoms with Crippen molar-refractivity contribution in [2.45, 2.75) is 57.8 Å². The van der Waals surface area contributed by atoms with Gasteiger partial charge in [0.25, 0.3) is 5.91 Å². The lowest BCUT2D eigenvalue weighted by atomic mass is 9.94. The predicted molar refractivity (Wildman–Crippen MR) is 159 cm³/mol. The lowest BCUT2D eigenvalue weighted by molar-refractivity contribution is -0.120. The number of benzene rings is 3. The maximum absolute atomic E-state index is 14.1. The summed E-state index contributed by atoms with van der Waals surface area (Å²) in [7, 11) is 0. The van der Waals surface area contributed by atoms with Gasteiger partial charge in [-0.25, -0.2) is 4.39 Å². The minimum Gasteiger partial charge on any atom is -0.393 e. The molecule has 2 unspecified atom stereocenters. The molecule has 2 atom stereocenters. The number of primary amides is 1. The third kappa shape index (κ3) is 7.28. The minimum absolute atomic E-state index is 0.0139. The van der Waals surface area contributed by atoms with E-state index in [1.165, 1.54) is 12.1 Å². The second-order valence-corrected chi connectivity index (χ2v) is 10.5. The zero-order chi connectivity index (χ0) is 29.5. The fraction of sp³-hybridized carbons (Fsp3) is 0.273. The van der Waals surface area contributed by atoms with Crippen LogP contribution in [-0.4, -0.2) is 38.8 Å². The topological polar surface area (TPSA) is 118 Å². The Labute approximate surface area is 239 Å². The number of para-hydroxylation sites is 1. The summed E-state index contributed by atoms with van der Waals surface area (Å²) < 4.78 is 16.0. The maximum atomic E-state index is 14.1. The van der Waals surface area contributed by atoms with Crippen LogP contribution in [0, 0.1) is 5.82 Å². The molecule has 4 aromatic rings. The number of amides is 2. The van der Waals surface area contributed by atoms with Crippen molar-refractivity contribution in [2.75, 3.05) is 5.32 Å². The fourth-order valence-electron chi connectivity index (χ4n) is 5.23. The molecule has 0 spiro atoms. The first-order chi connectivity index (χ1) is 19.7. The molecule has 7 nitrogen and oxygen atoms in total. The molecule has 0 aliphatic heterocycles. The Morgan fingerprint density at radius 1 is 0.878 bits per heavy atom. The number of aromatic nitrogens is 1. The average molecular weight is 558 g/mol. The van der Waals surface area contributed by atoms with E-state index in [0.717, 1.165) is 17.0 Å². The lowest BCUT2D eigenvalue weighted by Gasteiger charge is -2.20. The summed E-state index contributed by atoms with van der Waals surface area (Å²) in [6, 6.07) is 24.9. The first-order valence-corrected chi connectivity index (χ1v) is 13.7. The van der Waals surface area contributed by atoms with Crippen molar-refractivity contribution in [2.24, 2.45) is 5.73 Å². The highest BCUT2D eigenvalue weighted by molar-refractivity contribution is 6.12. The van der Waals surface area contributed by atoms with Gasteiger partial charge in [0.05, 0.1) is 29.9 Å². The predicted octanol–water partition coefficient (Wildman–Crippen LogP) is 5.71. The highest BCUT2D eigenvalue weighted by Gasteiger charge is 2.31. The molecule has 0 aliphatic rings. The summed E-state index contributed by atoms with van der Waals surface area (Å²) in [6.07, 6.45) is -1.98. The van der Waals surface area contributed by atoms with E-state index in [4.69, 9.17) is 5.73 Å². The van der Waals surface area contributed by atoms with Crippen LogP contribution in [0.3, 0.4) is 0 Å². The zero-order valence-electron chi connectivity index (χ0n) is 23.3. The standard InChI is InChI=1S/C33H36FN3O4/c1-21(2)31-30(33(41)36-25-11-7-4-8-12-25)29(22-9-5-3-6-10-22)32(23-13-15-24(34)16-14-23)37(31)18-17-26(38)19-27(39)20-28(35)40/h3-16,21,26-27,38-39H,17-20H2,1-2H3,(H2,35,40)(H,36,41). The maximum Gasteiger partial charge on any atom is 0.258 e. The number of anilines is 1. The molecule has 41 heavy (non-hydrogen) atoms. The van der Waals surface area contributed by atoms with Crippen molar-refractivity contribution in [1.82, 2.24) is 4.57 Å². The van der Waals surface area contributed by atoms with Gasteiger partial charge in [-0.2, -0.15) is 0 Å². The highest BCUT2D eigenvalue weighted by Crippen LogP contribution is 2.42. The summed E-state index contributed by atoms with van der Waals surface area (Å²) in [5.74, 6) is -1.39. The van der Waals surface area contributed by atoms with Gasteiger partial charge in [-0.05, 0) is 66.3 Å². The normalized spacial score (nSPS) is 12.7. The Kier molecular flexibility index (Phi) is 9.70. The summed E-state index contributed by atoms with van der Waals surface area (Å²) in [6.45, 7) is 4.31. The smallest absolute Gasteiger partial charge is 0.258 e. The Morgan fingerprint density at radius 3 is 2.07 bits per heavy atom. The Hall–Kier alpha value is -4.27. The summed E-state index contributed by atoms with van der Waals surface area (Å²) in [5.41, 5.74) is 10.1. The number of halogens is 1. The molecular weight excluding hydrogens is 521 g/mol. The van der Waals surface area contributed by atoms with Crippen LogP contribution in [0.15, 0.2) is 84.9 Å². The SMILES string of the molecule is CC(C)c1c(C(=O)Nc2ccccc2)c(-c2ccccc2)c(-c2ccc(F)cc2)n1CCC(O)CC(O)CC(N)=O. The molecule has 0 fully saturated rings. The fourth-order valence-corrected chi connectivity index (χ4v) is 5.23. The first kappa shape index (κ1) is 29.7. The third-order valence-corrected chi connectivity index (χ3v) is 6.96. The molecule has 3 aromatic carbocycles. The van der Waals surface area contributed by atoms with Crippen LogP contribution in [0.4, 0.5) is 10.1 Å². The number of aliphatic hydroxyl groups excluding tert-OH is 2. The molecular formula is C33H36FN3O4. The molecule has 0 radical (unpaired) electrons. The van der Waals surface area contributed by atoms with E-state index in [1.807, 2.05) is 79.1 Å². The van der Waals surface area contributed by atoms with Crippen molar-refractivity contribution in [1.29, 1.82) is 0 Å². The molecule has 4 rings (SSSR count). The number of nitrogens with zero attached hydrogens (tertiary/aromatic N) is 1. The van der Waals surface area contributed by atoms with Crippen LogP contribution in [0.2, 0.25) is 0 Å². The minimum atomic E-state index is -1.06. The number of hydrogen-bond donors (Lipinski definition) is 4. The molecule has 1 aromatic heterocycles. The third-order valence-electron chi connectivity index (χ3n) is 6.96. The summed E-state index contributed by atoms with van der Waals surface area (Å²) in [4.78, 5) is 25.3. The number of nitrogens with one attached hydrogen (secondary N) is 1. The van der Waals surface area contributed by atoms with Gasteiger partial charge in [0.1, 0.15) is 5.82 Å². The second-order valence-electron chi connectivity index (χ2n) is 10.5. The molecule has 8 heteroatoms. The molecule has 5 N–H and O–H groups in total. The number of carbonyl (C=O) groups excluding carboxylic acids is 2. The largest absolute Gasteiger partial charge is 0.393 e. The van der Waals surface area contributed by atoms with Gasteiger partial charge in [0, 0.05) is 23.5 Å². The van der Waals surface area contributed by atoms with E-state index < -0.39 is 18.1 Å². The number of nitrogens with two attached hydrogens (primary N) is 1. The van der Waals surface area contributed by atoms with Crippen LogP contribution in [0.1, 0.15) is 55.1 Å². The van der Waals surface area contributed by atoms with E-state index in [2.05, 4.69) is 5.32 Å².